The lowest BCUT2D eigenvalue weighted by Gasteiger charge is -2.22. The molecule has 194 valence electrons. The first kappa shape index (κ1) is 26.2. The molecule has 4 aromatic rings. The van der Waals surface area contributed by atoms with Gasteiger partial charge in [0, 0.05) is 22.9 Å². The number of fused-ring (bicyclic) bond motifs is 1. The van der Waals surface area contributed by atoms with Gasteiger partial charge in [-0.25, -0.2) is 4.98 Å². The normalized spacial score (nSPS) is 12.3. The number of nitriles is 1. The SMILES string of the molecule is Cc1sc(N(Cc2ccccc2)c2ccc(C#N)cc2)nc1C(=O)NSCCN1C(=O)c2ccccc2C1=O. The smallest absolute Gasteiger partial charge is 0.280 e. The van der Waals surface area contributed by atoms with E-state index < -0.39 is 0 Å². The zero-order valence-corrected chi connectivity index (χ0v) is 22.6. The highest BCUT2D eigenvalue weighted by Crippen LogP contribution is 2.33. The Bertz CT molecular complexity index is 1540. The van der Waals surface area contributed by atoms with E-state index in [9.17, 15) is 19.6 Å². The molecule has 0 fully saturated rings. The molecule has 3 amide bonds. The van der Waals surface area contributed by atoms with Crippen molar-refractivity contribution in [2.24, 2.45) is 0 Å². The predicted octanol–water partition coefficient (Wildman–Crippen LogP) is 5.34. The summed E-state index contributed by atoms with van der Waals surface area (Å²) in [5, 5.41) is 9.84. The minimum Gasteiger partial charge on any atom is -0.313 e. The standard InChI is InChI=1S/C29H23N5O3S2/c1-19-25(26(35)32-38-16-15-33-27(36)23-9-5-6-10-24(23)28(33)37)31-29(39-19)34(18-21-7-3-2-4-8-21)22-13-11-20(17-30)12-14-22/h2-14H,15-16,18H2,1H3,(H,32,35). The van der Waals surface area contributed by atoms with Crippen LogP contribution in [-0.4, -0.2) is 39.9 Å². The molecule has 0 aliphatic carbocycles. The number of carbonyl (C=O) groups is 3. The van der Waals surface area contributed by atoms with Crippen molar-refractivity contribution in [1.82, 2.24) is 14.6 Å². The highest BCUT2D eigenvalue weighted by Gasteiger charge is 2.34. The first-order valence-electron chi connectivity index (χ1n) is 12.1. The van der Waals surface area contributed by atoms with Gasteiger partial charge >= 0.3 is 0 Å². The minimum atomic E-state index is -0.346. The molecule has 0 saturated heterocycles. The summed E-state index contributed by atoms with van der Waals surface area (Å²) in [5.74, 6) is -0.631. The summed E-state index contributed by atoms with van der Waals surface area (Å²) in [6, 6.07) is 26.1. The van der Waals surface area contributed by atoms with E-state index in [-0.39, 0.29) is 24.3 Å². The maximum absolute atomic E-state index is 13.0. The average Bonchev–Trinajstić information content (AvgIpc) is 3.47. The molecule has 2 heterocycles. The van der Waals surface area contributed by atoms with Gasteiger partial charge in [-0.2, -0.15) is 5.26 Å². The van der Waals surface area contributed by atoms with Crippen LogP contribution >= 0.6 is 23.3 Å². The lowest BCUT2D eigenvalue weighted by Crippen LogP contribution is -2.32. The van der Waals surface area contributed by atoms with Crippen LogP contribution in [0.15, 0.2) is 78.9 Å². The van der Waals surface area contributed by atoms with E-state index in [1.807, 2.05) is 54.3 Å². The number of carbonyl (C=O) groups excluding carboxylic acids is 3. The number of imide groups is 1. The molecule has 0 saturated carbocycles. The number of anilines is 2. The highest BCUT2D eigenvalue weighted by atomic mass is 32.2. The van der Waals surface area contributed by atoms with Crippen molar-refractivity contribution >= 4 is 51.8 Å². The van der Waals surface area contributed by atoms with E-state index in [1.54, 1.807) is 36.4 Å². The van der Waals surface area contributed by atoms with Gasteiger partial charge in [0.05, 0.1) is 29.3 Å². The summed E-state index contributed by atoms with van der Waals surface area (Å²) < 4.78 is 2.79. The first-order valence-corrected chi connectivity index (χ1v) is 13.9. The average molecular weight is 554 g/mol. The van der Waals surface area contributed by atoms with E-state index in [0.717, 1.165) is 28.1 Å². The molecular formula is C29H23N5O3S2. The Labute approximate surface area is 234 Å². The van der Waals surface area contributed by atoms with Gasteiger partial charge in [0.1, 0.15) is 5.69 Å². The Morgan fingerprint density at radius 1 is 1.00 bits per heavy atom. The van der Waals surface area contributed by atoms with Crippen LogP contribution in [0.2, 0.25) is 0 Å². The van der Waals surface area contributed by atoms with E-state index in [2.05, 4.69) is 15.8 Å². The molecule has 8 nitrogen and oxygen atoms in total. The fourth-order valence-electron chi connectivity index (χ4n) is 4.20. The summed E-state index contributed by atoms with van der Waals surface area (Å²) >= 11 is 2.54. The van der Waals surface area contributed by atoms with Gasteiger partial charge < -0.3 is 4.90 Å². The zero-order valence-electron chi connectivity index (χ0n) is 21.0. The van der Waals surface area contributed by atoms with Crippen molar-refractivity contribution in [3.05, 3.63) is 112 Å². The van der Waals surface area contributed by atoms with Crippen molar-refractivity contribution in [2.75, 3.05) is 17.2 Å². The summed E-state index contributed by atoms with van der Waals surface area (Å²) in [6.45, 7) is 2.57. The van der Waals surface area contributed by atoms with Crippen molar-refractivity contribution < 1.29 is 14.4 Å². The maximum atomic E-state index is 13.0. The van der Waals surface area contributed by atoms with Gasteiger partial charge in [-0.15, -0.1) is 11.3 Å². The molecule has 3 aromatic carbocycles. The number of benzene rings is 3. The number of thiazole rings is 1. The molecule has 0 spiro atoms. The Hall–Kier alpha value is -4.46. The summed E-state index contributed by atoms with van der Waals surface area (Å²) in [7, 11) is 0. The predicted molar refractivity (Wildman–Crippen MR) is 152 cm³/mol. The molecular weight excluding hydrogens is 530 g/mol. The Balaban J connectivity index is 1.26. The van der Waals surface area contributed by atoms with Gasteiger partial charge in [0.15, 0.2) is 5.13 Å². The summed E-state index contributed by atoms with van der Waals surface area (Å²) in [4.78, 5) is 46.7. The van der Waals surface area contributed by atoms with Gasteiger partial charge in [0.2, 0.25) is 0 Å². The number of hydrogen-bond donors (Lipinski definition) is 1. The van der Waals surface area contributed by atoms with Gasteiger partial charge in [-0.1, -0.05) is 42.5 Å². The Morgan fingerprint density at radius 3 is 2.28 bits per heavy atom. The molecule has 0 atom stereocenters. The third kappa shape index (κ3) is 5.55. The second-order valence-corrected chi connectivity index (χ2v) is 10.8. The monoisotopic (exact) mass is 553 g/mol. The quantitative estimate of drug-likeness (QED) is 0.169. The second kappa shape index (κ2) is 11.5. The van der Waals surface area contributed by atoms with Crippen LogP contribution < -0.4 is 9.62 Å². The van der Waals surface area contributed by atoms with Crippen molar-refractivity contribution in [3.8, 4) is 6.07 Å². The molecule has 0 bridgehead atoms. The molecule has 1 aromatic heterocycles. The lowest BCUT2D eigenvalue weighted by molar-refractivity contribution is 0.0664. The number of nitrogens with zero attached hydrogens (tertiary/aromatic N) is 4. The van der Waals surface area contributed by atoms with Gasteiger partial charge in [-0.05, 0) is 60.8 Å². The number of hydrogen-bond acceptors (Lipinski definition) is 8. The Morgan fingerprint density at radius 2 is 1.64 bits per heavy atom. The third-order valence-electron chi connectivity index (χ3n) is 6.18. The molecule has 1 aliphatic rings. The van der Waals surface area contributed by atoms with Gasteiger partial charge in [-0.3, -0.25) is 24.0 Å². The lowest BCUT2D eigenvalue weighted by atomic mass is 10.1. The molecule has 1 aliphatic heterocycles. The van der Waals surface area contributed by atoms with E-state index >= 15 is 0 Å². The first-order chi connectivity index (χ1) is 19.0. The second-order valence-electron chi connectivity index (χ2n) is 8.72. The van der Waals surface area contributed by atoms with Crippen LogP contribution in [0, 0.1) is 18.3 Å². The van der Waals surface area contributed by atoms with Crippen LogP contribution in [0.4, 0.5) is 10.8 Å². The summed E-state index contributed by atoms with van der Waals surface area (Å²) in [6.07, 6.45) is 0. The molecule has 5 rings (SSSR count). The fraction of sp³-hybridized carbons (Fsp3) is 0.138. The van der Waals surface area contributed by atoms with Crippen molar-refractivity contribution in [2.45, 2.75) is 13.5 Å². The van der Waals surface area contributed by atoms with Crippen LogP contribution in [-0.2, 0) is 6.54 Å². The maximum Gasteiger partial charge on any atom is 0.280 e. The molecule has 1 N–H and O–H groups in total. The minimum absolute atomic E-state index is 0.183. The largest absolute Gasteiger partial charge is 0.313 e. The van der Waals surface area contributed by atoms with Crippen molar-refractivity contribution in [1.29, 1.82) is 5.26 Å². The highest BCUT2D eigenvalue weighted by molar-refractivity contribution is 7.97. The molecule has 0 radical (unpaired) electrons. The number of aryl methyl sites for hydroxylation is 1. The zero-order chi connectivity index (χ0) is 27.4. The van der Waals surface area contributed by atoms with Crippen LogP contribution in [0.5, 0.6) is 0 Å². The number of aromatic nitrogens is 1. The topological polar surface area (TPSA) is 106 Å². The number of nitrogens with one attached hydrogen (secondary N) is 1. The molecule has 10 heteroatoms. The Kier molecular flexibility index (Phi) is 7.72. The van der Waals surface area contributed by atoms with Crippen molar-refractivity contribution in [3.63, 3.8) is 0 Å². The molecule has 39 heavy (non-hydrogen) atoms. The number of rotatable bonds is 9. The fourth-order valence-corrected chi connectivity index (χ4v) is 5.73. The number of amides is 3. The van der Waals surface area contributed by atoms with Crippen LogP contribution in [0.1, 0.15) is 47.2 Å². The van der Waals surface area contributed by atoms with E-state index in [1.165, 1.54) is 16.2 Å². The molecule has 0 unspecified atom stereocenters. The van der Waals surface area contributed by atoms with E-state index in [0.29, 0.717) is 39.8 Å². The third-order valence-corrected chi connectivity index (χ3v) is 7.89. The van der Waals surface area contributed by atoms with Gasteiger partial charge in [0.25, 0.3) is 17.7 Å². The summed E-state index contributed by atoms with van der Waals surface area (Å²) in [5.41, 5.74) is 3.62. The van der Waals surface area contributed by atoms with Crippen LogP contribution in [0.3, 0.4) is 0 Å². The van der Waals surface area contributed by atoms with E-state index in [4.69, 9.17) is 0 Å². The van der Waals surface area contributed by atoms with Crippen LogP contribution in [0.25, 0.3) is 0 Å².